The third-order valence-electron chi connectivity index (χ3n) is 3.65. The molecule has 5 nitrogen and oxygen atoms in total. The van der Waals surface area contributed by atoms with Crippen molar-refractivity contribution in [2.75, 3.05) is 20.3 Å². The van der Waals surface area contributed by atoms with Crippen molar-refractivity contribution in [3.8, 4) is 5.75 Å². The zero-order valence-corrected chi connectivity index (χ0v) is 12.0. The minimum Gasteiger partial charge on any atom is -0.497 e. The van der Waals surface area contributed by atoms with Gasteiger partial charge in [-0.2, -0.15) is 0 Å². The molecular formula is C16H20O5. The van der Waals surface area contributed by atoms with E-state index in [2.05, 4.69) is 0 Å². The Morgan fingerprint density at radius 1 is 1.19 bits per heavy atom. The van der Waals surface area contributed by atoms with Crippen LogP contribution in [-0.2, 0) is 20.8 Å². The summed E-state index contributed by atoms with van der Waals surface area (Å²) in [7, 11) is 1.65. The van der Waals surface area contributed by atoms with Crippen LogP contribution >= 0.6 is 0 Å². The van der Waals surface area contributed by atoms with Crippen molar-refractivity contribution in [2.45, 2.75) is 31.0 Å². The van der Waals surface area contributed by atoms with Gasteiger partial charge in [0.1, 0.15) is 30.2 Å². The van der Waals surface area contributed by atoms with Gasteiger partial charge in [-0.1, -0.05) is 24.3 Å². The van der Waals surface area contributed by atoms with Crippen LogP contribution in [0.5, 0.6) is 5.75 Å². The molecule has 0 unspecified atom stereocenters. The standard InChI is InChI=1S/C16H20O5/c1-18-12-6-4-11(5-7-12)9-19-10-14-16(21-14)15-13(20-15)3-2-8-17/h2-7,13-17H,8-10H2,1H3/b3-2+/t13-,14-,15+,16+/m0/s1. The van der Waals surface area contributed by atoms with Crippen molar-refractivity contribution < 1.29 is 24.1 Å². The Labute approximate surface area is 124 Å². The van der Waals surface area contributed by atoms with Crippen LogP contribution in [0.1, 0.15) is 5.56 Å². The largest absolute Gasteiger partial charge is 0.497 e. The first-order valence-electron chi connectivity index (χ1n) is 7.11. The minimum atomic E-state index is 0.0481. The maximum Gasteiger partial charge on any atom is 0.118 e. The molecule has 2 aliphatic rings. The summed E-state index contributed by atoms with van der Waals surface area (Å²) >= 11 is 0. The van der Waals surface area contributed by atoms with Gasteiger partial charge in [0.05, 0.1) is 26.9 Å². The van der Waals surface area contributed by atoms with Crippen LogP contribution in [0.15, 0.2) is 36.4 Å². The minimum absolute atomic E-state index is 0.0481. The van der Waals surface area contributed by atoms with E-state index in [1.54, 1.807) is 13.2 Å². The summed E-state index contributed by atoms with van der Waals surface area (Å²) < 4.78 is 21.8. The van der Waals surface area contributed by atoms with E-state index in [1.807, 2.05) is 30.3 Å². The number of ether oxygens (including phenoxy) is 4. The van der Waals surface area contributed by atoms with E-state index in [0.717, 1.165) is 11.3 Å². The van der Waals surface area contributed by atoms with Gasteiger partial charge in [-0.05, 0) is 17.7 Å². The molecule has 5 heteroatoms. The highest BCUT2D eigenvalue weighted by Crippen LogP contribution is 2.39. The first-order valence-corrected chi connectivity index (χ1v) is 7.11. The van der Waals surface area contributed by atoms with Crippen LogP contribution < -0.4 is 4.74 Å². The number of hydrogen-bond donors (Lipinski definition) is 1. The lowest BCUT2D eigenvalue weighted by Gasteiger charge is -2.04. The van der Waals surface area contributed by atoms with E-state index < -0.39 is 0 Å². The van der Waals surface area contributed by atoms with Crippen LogP contribution in [0.4, 0.5) is 0 Å². The Bertz CT molecular complexity index is 484. The molecule has 0 radical (unpaired) electrons. The summed E-state index contributed by atoms with van der Waals surface area (Å²) in [6.07, 6.45) is 4.05. The van der Waals surface area contributed by atoms with Gasteiger partial charge in [0.15, 0.2) is 0 Å². The Balaban J connectivity index is 1.33. The zero-order valence-electron chi connectivity index (χ0n) is 12.0. The van der Waals surface area contributed by atoms with Crippen molar-refractivity contribution >= 4 is 0 Å². The van der Waals surface area contributed by atoms with E-state index in [-0.39, 0.29) is 31.0 Å². The predicted octanol–water partition coefficient (Wildman–Crippen LogP) is 1.30. The molecule has 2 saturated heterocycles. The lowest BCUT2D eigenvalue weighted by atomic mass is 10.2. The van der Waals surface area contributed by atoms with E-state index in [9.17, 15) is 0 Å². The molecule has 0 aliphatic carbocycles. The fourth-order valence-electron chi connectivity index (χ4n) is 2.34. The van der Waals surface area contributed by atoms with Crippen molar-refractivity contribution in [3.63, 3.8) is 0 Å². The van der Waals surface area contributed by atoms with Crippen LogP contribution in [0.25, 0.3) is 0 Å². The highest BCUT2D eigenvalue weighted by atomic mass is 16.7. The van der Waals surface area contributed by atoms with Crippen LogP contribution in [0, 0.1) is 0 Å². The summed E-state index contributed by atoms with van der Waals surface area (Å²) in [5.74, 6) is 0.845. The van der Waals surface area contributed by atoms with E-state index in [0.29, 0.717) is 13.2 Å². The molecule has 2 aliphatic heterocycles. The average molecular weight is 292 g/mol. The Morgan fingerprint density at radius 3 is 2.71 bits per heavy atom. The normalized spacial score (nSPS) is 30.6. The van der Waals surface area contributed by atoms with Crippen molar-refractivity contribution in [1.82, 2.24) is 0 Å². The van der Waals surface area contributed by atoms with Gasteiger partial charge < -0.3 is 24.1 Å². The first kappa shape index (κ1) is 14.5. The molecule has 0 saturated carbocycles. The molecule has 3 rings (SSSR count). The third-order valence-corrected chi connectivity index (χ3v) is 3.65. The number of methoxy groups -OCH3 is 1. The van der Waals surface area contributed by atoms with Crippen LogP contribution in [0.2, 0.25) is 0 Å². The second kappa shape index (κ2) is 6.58. The lowest BCUT2D eigenvalue weighted by Crippen LogP contribution is -2.10. The maximum atomic E-state index is 8.69. The molecule has 2 fully saturated rings. The number of rotatable bonds is 8. The van der Waals surface area contributed by atoms with Crippen LogP contribution in [0.3, 0.4) is 0 Å². The summed E-state index contributed by atoms with van der Waals surface area (Å²) in [5, 5.41) is 8.69. The first-order chi connectivity index (χ1) is 10.3. The molecule has 0 bridgehead atoms. The molecule has 0 spiro atoms. The number of benzene rings is 1. The summed E-state index contributed by atoms with van der Waals surface area (Å²) in [4.78, 5) is 0. The molecular weight excluding hydrogens is 272 g/mol. The van der Waals surface area contributed by atoms with Gasteiger partial charge in [-0.3, -0.25) is 0 Å². The van der Waals surface area contributed by atoms with Gasteiger partial charge in [0, 0.05) is 0 Å². The molecule has 1 aromatic rings. The zero-order chi connectivity index (χ0) is 14.7. The van der Waals surface area contributed by atoms with Gasteiger partial charge in [-0.15, -0.1) is 0 Å². The Kier molecular flexibility index (Phi) is 4.55. The molecule has 114 valence electrons. The SMILES string of the molecule is COc1ccc(COC[C@@H]2O[C@H]2[C@@H]2O[C@H]2/C=C/CO)cc1. The van der Waals surface area contributed by atoms with Gasteiger partial charge >= 0.3 is 0 Å². The smallest absolute Gasteiger partial charge is 0.118 e. The van der Waals surface area contributed by atoms with E-state index in [4.69, 9.17) is 24.1 Å². The highest BCUT2D eigenvalue weighted by molar-refractivity contribution is 5.26. The number of epoxide rings is 2. The third kappa shape index (κ3) is 3.83. The Morgan fingerprint density at radius 2 is 2.00 bits per heavy atom. The molecule has 0 aromatic heterocycles. The fraction of sp³-hybridized carbons (Fsp3) is 0.500. The Hall–Kier alpha value is -1.40. The molecule has 4 atom stereocenters. The number of hydrogen-bond acceptors (Lipinski definition) is 5. The average Bonchev–Trinajstić information content (AvgIpc) is 3.40. The number of aliphatic hydroxyl groups excluding tert-OH is 1. The molecule has 21 heavy (non-hydrogen) atoms. The fourth-order valence-corrected chi connectivity index (χ4v) is 2.34. The van der Waals surface area contributed by atoms with Crippen molar-refractivity contribution in [3.05, 3.63) is 42.0 Å². The second-order valence-corrected chi connectivity index (χ2v) is 5.18. The van der Waals surface area contributed by atoms with Crippen molar-refractivity contribution in [2.24, 2.45) is 0 Å². The molecule has 1 aromatic carbocycles. The number of aliphatic hydroxyl groups is 1. The van der Waals surface area contributed by atoms with Crippen LogP contribution in [-0.4, -0.2) is 49.8 Å². The maximum absolute atomic E-state index is 8.69. The summed E-state index contributed by atoms with van der Waals surface area (Å²) in [6.45, 7) is 1.19. The molecule has 1 N–H and O–H groups in total. The molecule has 0 amide bonds. The summed E-state index contributed by atoms with van der Waals surface area (Å²) in [5.41, 5.74) is 1.11. The molecule has 2 heterocycles. The van der Waals surface area contributed by atoms with Crippen molar-refractivity contribution in [1.29, 1.82) is 0 Å². The lowest BCUT2D eigenvalue weighted by molar-refractivity contribution is 0.104. The van der Waals surface area contributed by atoms with Gasteiger partial charge in [0.25, 0.3) is 0 Å². The van der Waals surface area contributed by atoms with Gasteiger partial charge in [0.2, 0.25) is 0 Å². The van der Waals surface area contributed by atoms with Gasteiger partial charge in [-0.25, -0.2) is 0 Å². The second-order valence-electron chi connectivity index (χ2n) is 5.18. The monoisotopic (exact) mass is 292 g/mol. The van der Waals surface area contributed by atoms with E-state index >= 15 is 0 Å². The quantitative estimate of drug-likeness (QED) is 0.578. The predicted molar refractivity (Wildman–Crippen MR) is 76.2 cm³/mol. The summed E-state index contributed by atoms with van der Waals surface area (Å²) in [6, 6.07) is 7.82. The topological polar surface area (TPSA) is 63.8 Å². The van der Waals surface area contributed by atoms with E-state index in [1.165, 1.54) is 0 Å². The highest BCUT2D eigenvalue weighted by Gasteiger charge is 2.56.